The lowest BCUT2D eigenvalue weighted by atomic mass is 9.99. The molecule has 5 heteroatoms. The Hall–Kier alpha value is -1.75. The van der Waals surface area contributed by atoms with Crippen molar-refractivity contribution in [2.75, 3.05) is 36.9 Å². The Morgan fingerprint density at radius 1 is 1.33 bits per heavy atom. The van der Waals surface area contributed by atoms with E-state index in [9.17, 15) is 4.79 Å². The van der Waals surface area contributed by atoms with Crippen molar-refractivity contribution >= 4 is 17.3 Å². The third kappa shape index (κ3) is 3.13. The van der Waals surface area contributed by atoms with Crippen molar-refractivity contribution in [3.63, 3.8) is 0 Å². The second kappa shape index (κ2) is 6.35. The van der Waals surface area contributed by atoms with Gasteiger partial charge in [0.15, 0.2) is 0 Å². The molecule has 1 saturated heterocycles. The van der Waals surface area contributed by atoms with E-state index in [4.69, 9.17) is 4.74 Å². The summed E-state index contributed by atoms with van der Waals surface area (Å²) in [5.74, 6) is 0.434. The average Bonchev–Trinajstić information content (AvgIpc) is 2.99. The molecule has 2 aliphatic heterocycles. The fourth-order valence-electron chi connectivity index (χ4n) is 3.08. The third-order valence-corrected chi connectivity index (χ3v) is 4.31. The van der Waals surface area contributed by atoms with E-state index in [1.807, 2.05) is 18.2 Å². The van der Waals surface area contributed by atoms with Crippen LogP contribution in [0.1, 0.15) is 30.1 Å². The standard InChI is InChI=1S/C16H23N3O2/c1-2-15-12(5-8-21-15)10-19-16(20)11-3-4-13-14(9-11)18-7-6-17-13/h3-4,9,12,15,17-18H,2,5-8,10H2,1H3,(H,19,20). The molecule has 5 nitrogen and oxygen atoms in total. The Morgan fingerprint density at radius 2 is 2.14 bits per heavy atom. The quantitative estimate of drug-likeness (QED) is 0.794. The molecule has 1 aromatic rings. The third-order valence-electron chi connectivity index (χ3n) is 4.31. The van der Waals surface area contributed by atoms with Crippen molar-refractivity contribution in [1.29, 1.82) is 0 Å². The van der Waals surface area contributed by atoms with Crippen LogP contribution in [0.15, 0.2) is 18.2 Å². The lowest BCUT2D eigenvalue weighted by molar-refractivity contribution is 0.0827. The van der Waals surface area contributed by atoms with Gasteiger partial charge < -0.3 is 20.7 Å². The van der Waals surface area contributed by atoms with Gasteiger partial charge in [-0.3, -0.25) is 4.79 Å². The number of fused-ring (bicyclic) bond motifs is 1. The average molecular weight is 289 g/mol. The Balaban J connectivity index is 1.60. The molecular formula is C16H23N3O2. The number of amides is 1. The number of carbonyl (C=O) groups is 1. The molecule has 0 bridgehead atoms. The minimum absolute atomic E-state index is 0.00748. The van der Waals surface area contributed by atoms with Crippen molar-refractivity contribution in [3.8, 4) is 0 Å². The van der Waals surface area contributed by atoms with E-state index in [0.717, 1.165) is 43.9 Å². The van der Waals surface area contributed by atoms with Gasteiger partial charge in [-0.2, -0.15) is 0 Å². The van der Waals surface area contributed by atoms with Gasteiger partial charge in [0.1, 0.15) is 0 Å². The first-order chi connectivity index (χ1) is 10.3. The number of hydrogen-bond acceptors (Lipinski definition) is 4. The summed E-state index contributed by atoms with van der Waals surface area (Å²) in [4.78, 5) is 12.3. The Labute approximate surface area is 125 Å². The monoisotopic (exact) mass is 289 g/mol. The van der Waals surface area contributed by atoms with Crippen molar-refractivity contribution in [1.82, 2.24) is 5.32 Å². The van der Waals surface area contributed by atoms with E-state index >= 15 is 0 Å². The molecular weight excluding hydrogens is 266 g/mol. The van der Waals surface area contributed by atoms with E-state index in [-0.39, 0.29) is 5.91 Å². The van der Waals surface area contributed by atoms with Gasteiger partial charge in [-0.15, -0.1) is 0 Å². The van der Waals surface area contributed by atoms with Crippen LogP contribution in [0.25, 0.3) is 0 Å². The first-order valence-corrected chi connectivity index (χ1v) is 7.79. The van der Waals surface area contributed by atoms with Crippen LogP contribution >= 0.6 is 0 Å². The fraction of sp³-hybridized carbons (Fsp3) is 0.562. The molecule has 0 spiro atoms. The first-order valence-electron chi connectivity index (χ1n) is 7.79. The minimum Gasteiger partial charge on any atom is -0.382 e. The zero-order chi connectivity index (χ0) is 14.7. The summed E-state index contributed by atoms with van der Waals surface area (Å²) < 4.78 is 5.66. The molecule has 2 atom stereocenters. The van der Waals surface area contributed by atoms with Gasteiger partial charge in [0.05, 0.1) is 17.5 Å². The maximum absolute atomic E-state index is 12.3. The van der Waals surface area contributed by atoms with Crippen LogP contribution in [0.3, 0.4) is 0 Å². The van der Waals surface area contributed by atoms with Gasteiger partial charge in [0.25, 0.3) is 5.91 Å². The highest BCUT2D eigenvalue weighted by molar-refractivity contribution is 5.96. The van der Waals surface area contributed by atoms with E-state index in [2.05, 4.69) is 22.9 Å². The normalized spacial score (nSPS) is 23.9. The second-order valence-corrected chi connectivity index (χ2v) is 5.69. The molecule has 1 fully saturated rings. The summed E-state index contributed by atoms with van der Waals surface area (Å²) in [5, 5.41) is 9.66. The summed E-state index contributed by atoms with van der Waals surface area (Å²) in [7, 11) is 0. The Bertz CT molecular complexity index is 518. The molecule has 0 aromatic heterocycles. The molecule has 1 amide bonds. The van der Waals surface area contributed by atoms with Crippen LogP contribution in [0.2, 0.25) is 0 Å². The zero-order valence-electron chi connectivity index (χ0n) is 12.4. The van der Waals surface area contributed by atoms with Crippen LogP contribution < -0.4 is 16.0 Å². The molecule has 0 aliphatic carbocycles. The smallest absolute Gasteiger partial charge is 0.251 e. The van der Waals surface area contributed by atoms with Crippen LogP contribution in [-0.2, 0) is 4.74 Å². The van der Waals surface area contributed by atoms with Crippen LogP contribution in [0, 0.1) is 5.92 Å². The molecule has 2 aliphatic rings. The summed E-state index contributed by atoms with van der Waals surface area (Å²) in [6, 6.07) is 5.75. The fourth-order valence-corrected chi connectivity index (χ4v) is 3.08. The largest absolute Gasteiger partial charge is 0.382 e. The Kier molecular flexibility index (Phi) is 4.29. The SMILES string of the molecule is CCC1OCCC1CNC(=O)c1ccc2c(c1)NCCN2. The van der Waals surface area contributed by atoms with E-state index in [0.29, 0.717) is 24.1 Å². The molecule has 1 aromatic carbocycles. The van der Waals surface area contributed by atoms with Crippen molar-refractivity contribution in [2.45, 2.75) is 25.9 Å². The summed E-state index contributed by atoms with van der Waals surface area (Å²) in [5.41, 5.74) is 2.77. The highest BCUT2D eigenvalue weighted by Gasteiger charge is 2.27. The van der Waals surface area contributed by atoms with Gasteiger partial charge in [0, 0.05) is 37.7 Å². The first kappa shape index (κ1) is 14.2. The minimum atomic E-state index is -0.00748. The van der Waals surface area contributed by atoms with Crippen LogP contribution in [0.5, 0.6) is 0 Å². The summed E-state index contributed by atoms with van der Waals surface area (Å²) >= 11 is 0. The molecule has 114 valence electrons. The van der Waals surface area contributed by atoms with E-state index < -0.39 is 0 Å². The highest BCUT2D eigenvalue weighted by atomic mass is 16.5. The number of anilines is 2. The maximum Gasteiger partial charge on any atom is 0.251 e. The lowest BCUT2D eigenvalue weighted by Gasteiger charge is -2.21. The number of benzene rings is 1. The van der Waals surface area contributed by atoms with Crippen molar-refractivity contribution in [3.05, 3.63) is 23.8 Å². The van der Waals surface area contributed by atoms with E-state index in [1.54, 1.807) is 0 Å². The van der Waals surface area contributed by atoms with Gasteiger partial charge in [0.2, 0.25) is 0 Å². The number of hydrogen-bond donors (Lipinski definition) is 3. The molecule has 3 N–H and O–H groups in total. The molecule has 2 unspecified atom stereocenters. The molecule has 2 heterocycles. The molecule has 0 saturated carbocycles. The summed E-state index contributed by atoms with van der Waals surface area (Å²) in [6.45, 7) is 5.44. The predicted octanol–water partition coefficient (Wildman–Crippen LogP) is 2.07. The van der Waals surface area contributed by atoms with Crippen molar-refractivity contribution < 1.29 is 9.53 Å². The molecule has 3 rings (SSSR count). The van der Waals surface area contributed by atoms with Crippen LogP contribution in [0.4, 0.5) is 11.4 Å². The van der Waals surface area contributed by atoms with Gasteiger partial charge in [-0.25, -0.2) is 0 Å². The van der Waals surface area contributed by atoms with Gasteiger partial charge in [-0.1, -0.05) is 6.92 Å². The van der Waals surface area contributed by atoms with Gasteiger partial charge >= 0.3 is 0 Å². The predicted molar refractivity (Wildman–Crippen MR) is 83.9 cm³/mol. The van der Waals surface area contributed by atoms with Crippen molar-refractivity contribution in [2.24, 2.45) is 5.92 Å². The Morgan fingerprint density at radius 3 is 2.95 bits per heavy atom. The molecule has 0 radical (unpaired) electrons. The summed E-state index contributed by atoms with van der Waals surface area (Å²) in [6.07, 6.45) is 2.34. The number of ether oxygens (including phenoxy) is 1. The van der Waals surface area contributed by atoms with E-state index in [1.165, 1.54) is 0 Å². The number of carbonyl (C=O) groups excluding carboxylic acids is 1. The maximum atomic E-state index is 12.3. The topological polar surface area (TPSA) is 62.4 Å². The second-order valence-electron chi connectivity index (χ2n) is 5.69. The highest BCUT2D eigenvalue weighted by Crippen LogP contribution is 2.26. The van der Waals surface area contributed by atoms with Crippen LogP contribution in [-0.4, -0.2) is 38.3 Å². The number of rotatable bonds is 4. The molecule has 21 heavy (non-hydrogen) atoms. The lowest BCUT2D eigenvalue weighted by Crippen LogP contribution is -2.32. The van der Waals surface area contributed by atoms with Gasteiger partial charge in [-0.05, 0) is 31.0 Å². The number of nitrogens with one attached hydrogen (secondary N) is 3. The zero-order valence-corrected chi connectivity index (χ0v) is 12.4.